The third-order valence-corrected chi connectivity index (χ3v) is 8.06. The number of ketones is 2. The number of Topliss-reactive ketones (excluding diaryl/α,β-unsaturated/α-hetero) is 2. The molecular formula is C19H28O3. The largest absolute Gasteiger partial charge is 0.392 e. The van der Waals surface area contributed by atoms with Crippen LogP contribution in [0, 0.1) is 34.5 Å². The Bertz CT molecular complexity index is 527. The number of aliphatic hydroxyl groups is 1. The van der Waals surface area contributed by atoms with Gasteiger partial charge in [-0.1, -0.05) is 26.7 Å². The molecule has 0 bridgehead atoms. The summed E-state index contributed by atoms with van der Waals surface area (Å²) in [5, 5.41) is 10.5. The van der Waals surface area contributed by atoms with Crippen molar-refractivity contribution in [3.8, 4) is 0 Å². The summed E-state index contributed by atoms with van der Waals surface area (Å²) in [6.07, 6.45) is 6.98. The van der Waals surface area contributed by atoms with Crippen molar-refractivity contribution in [1.82, 2.24) is 0 Å². The van der Waals surface area contributed by atoms with Gasteiger partial charge in [-0.05, 0) is 42.9 Å². The van der Waals surface area contributed by atoms with E-state index in [-0.39, 0.29) is 34.4 Å². The van der Waals surface area contributed by atoms with Crippen LogP contribution in [0.4, 0.5) is 0 Å². The van der Waals surface area contributed by atoms with Gasteiger partial charge in [0.2, 0.25) is 0 Å². The Labute approximate surface area is 132 Å². The highest BCUT2D eigenvalue weighted by Crippen LogP contribution is 2.64. The molecule has 3 heteroatoms. The van der Waals surface area contributed by atoms with Crippen LogP contribution < -0.4 is 0 Å². The number of hydrogen-bond acceptors (Lipinski definition) is 3. The monoisotopic (exact) mass is 304 g/mol. The molecule has 4 rings (SSSR count). The molecule has 22 heavy (non-hydrogen) atoms. The normalized spacial score (nSPS) is 54.6. The van der Waals surface area contributed by atoms with Gasteiger partial charge in [-0.15, -0.1) is 0 Å². The number of aliphatic hydroxyl groups excluding tert-OH is 1. The van der Waals surface area contributed by atoms with E-state index in [4.69, 9.17) is 0 Å². The number of rotatable bonds is 0. The van der Waals surface area contributed by atoms with Gasteiger partial charge in [0.25, 0.3) is 0 Å². The molecule has 0 amide bonds. The minimum Gasteiger partial charge on any atom is -0.392 e. The lowest BCUT2D eigenvalue weighted by Gasteiger charge is -2.58. The molecule has 3 nitrogen and oxygen atoms in total. The van der Waals surface area contributed by atoms with Gasteiger partial charge in [-0.2, -0.15) is 0 Å². The number of hydrogen-bond donors (Lipinski definition) is 1. The van der Waals surface area contributed by atoms with Gasteiger partial charge in [0.05, 0.1) is 6.10 Å². The van der Waals surface area contributed by atoms with E-state index in [0.717, 1.165) is 25.7 Å². The van der Waals surface area contributed by atoms with Gasteiger partial charge in [-0.25, -0.2) is 0 Å². The average molecular weight is 304 g/mol. The Morgan fingerprint density at radius 2 is 1.82 bits per heavy atom. The highest BCUT2D eigenvalue weighted by Gasteiger charge is 2.63. The predicted octanol–water partition coefficient (Wildman–Crippen LogP) is 3.14. The Kier molecular flexibility index (Phi) is 3.15. The predicted molar refractivity (Wildman–Crippen MR) is 83.1 cm³/mol. The number of carbonyl (C=O) groups excluding carboxylic acids is 2. The van der Waals surface area contributed by atoms with E-state index in [1.165, 1.54) is 12.8 Å². The van der Waals surface area contributed by atoms with Gasteiger partial charge in [0, 0.05) is 30.1 Å². The number of carbonyl (C=O) groups is 2. The van der Waals surface area contributed by atoms with Crippen molar-refractivity contribution in [3.05, 3.63) is 0 Å². The Balaban J connectivity index is 1.74. The molecule has 122 valence electrons. The Morgan fingerprint density at radius 1 is 1.05 bits per heavy atom. The molecule has 0 aromatic carbocycles. The molecule has 0 spiro atoms. The maximum atomic E-state index is 12.8. The van der Waals surface area contributed by atoms with Crippen molar-refractivity contribution in [2.75, 3.05) is 0 Å². The Morgan fingerprint density at radius 3 is 2.59 bits per heavy atom. The van der Waals surface area contributed by atoms with Gasteiger partial charge in [0.15, 0.2) is 0 Å². The van der Waals surface area contributed by atoms with Crippen LogP contribution >= 0.6 is 0 Å². The van der Waals surface area contributed by atoms with E-state index in [1.54, 1.807) is 0 Å². The molecule has 4 aliphatic rings. The van der Waals surface area contributed by atoms with Crippen LogP contribution in [-0.4, -0.2) is 22.8 Å². The summed E-state index contributed by atoms with van der Waals surface area (Å²) < 4.78 is 0. The summed E-state index contributed by atoms with van der Waals surface area (Å²) in [6.45, 7) is 4.38. The van der Waals surface area contributed by atoms with Gasteiger partial charge in [-0.3, -0.25) is 9.59 Å². The highest BCUT2D eigenvalue weighted by molar-refractivity contribution is 5.89. The molecule has 1 N–H and O–H groups in total. The summed E-state index contributed by atoms with van der Waals surface area (Å²) in [5.74, 6) is 1.65. The van der Waals surface area contributed by atoms with E-state index in [9.17, 15) is 14.7 Å². The lowest BCUT2D eigenvalue weighted by atomic mass is 9.45. The summed E-state index contributed by atoms with van der Waals surface area (Å²) in [5.41, 5.74) is -0.260. The Hall–Kier alpha value is -0.700. The fourth-order valence-corrected chi connectivity index (χ4v) is 6.94. The molecule has 0 saturated heterocycles. The standard InChI is InChI=1S/C19H28O3/c1-18-7-4-3-5-13(18)14(20)9-11-12(18)6-8-19(2)16(22)10-15(21)17(11)19/h11-13,15,17,21H,3-10H2,1-2H3/t11-,12+,13-,15?,17-,18-,19-/m1/s1. The fraction of sp³-hybridized carbons (Fsp3) is 0.895. The van der Waals surface area contributed by atoms with E-state index in [2.05, 4.69) is 6.92 Å². The maximum absolute atomic E-state index is 12.8. The molecule has 0 aromatic rings. The summed E-state index contributed by atoms with van der Waals surface area (Å²) in [4.78, 5) is 25.2. The molecular weight excluding hydrogens is 276 g/mol. The molecule has 0 heterocycles. The zero-order valence-corrected chi connectivity index (χ0v) is 13.8. The zero-order chi connectivity index (χ0) is 15.7. The van der Waals surface area contributed by atoms with Crippen LogP contribution in [0.3, 0.4) is 0 Å². The molecule has 0 aromatic heterocycles. The highest BCUT2D eigenvalue weighted by atomic mass is 16.3. The number of fused-ring (bicyclic) bond motifs is 5. The second-order valence-corrected chi connectivity index (χ2v) is 8.92. The zero-order valence-electron chi connectivity index (χ0n) is 13.8. The van der Waals surface area contributed by atoms with E-state index >= 15 is 0 Å². The van der Waals surface area contributed by atoms with Gasteiger partial charge in [0.1, 0.15) is 11.6 Å². The first-order valence-electron chi connectivity index (χ1n) is 9.12. The van der Waals surface area contributed by atoms with Crippen LogP contribution in [0.2, 0.25) is 0 Å². The van der Waals surface area contributed by atoms with Crippen molar-refractivity contribution in [1.29, 1.82) is 0 Å². The van der Waals surface area contributed by atoms with Crippen molar-refractivity contribution < 1.29 is 14.7 Å². The van der Waals surface area contributed by atoms with Gasteiger partial charge < -0.3 is 5.11 Å². The average Bonchev–Trinajstić information content (AvgIpc) is 2.69. The van der Waals surface area contributed by atoms with E-state index in [1.807, 2.05) is 6.92 Å². The first-order valence-corrected chi connectivity index (χ1v) is 9.12. The third kappa shape index (κ3) is 1.72. The van der Waals surface area contributed by atoms with Crippen LogP contribution in [0.1, 0.15) is 65.2 Å². The minimum atomic E-state index is -0.526. The molecule has 4 fully saturated rings. The van der Waals surface area contributed by atoms with E-state index < -0.39 is 6.10 Å². The molecule has 4 aliphatic carbocycles. The summed E-state index contributed by atoms with van der Waals surface area (Å²) in [7, 11) is 0. The lowest BCUT2D eigenvalue weighted by molar-refractivity contribution is -0.159. The van der Waals surface area contributed by atoms with Crippen LogP contribution in [-0.2, 0) is 9.59 Å². The molecule has 1 unspecified atom stereocenters. The fourth-order valence-electron chi connectivity index (χ4n) is 6.94. The summed E-state index contributed by atoms with van der Waals surface area (Å²) >= 11 is 0. The molecule has 4 saturated carbocycles. The second kappa shape index (κ2) is 4.66. The molecule has 7 atom stereocenters. The minimum absolute atomic E-state index is 0.0161. The summed E-state index contributed by atoms with van der Waals surface area (Å²) in [6, 6.07) is 0. The van der Waals surface area contributed by atoms with Crippen LogP contribution in [0.15, 0.2) is 0 Å². The van der Waals surface area contributed by atoms with Gasteiger partial charge >= 0.3 is 0 Å². The lowest BCUT2D eigenvalue weighted by Crippen LogP contribution is -2.57. The van der Waals surface area contributed by atoms with Crippen molar-refractivity contribution in [2.45, 2.75) is 71.3 Å². The van der Waals surface area contributed by atoms with Crippen molar-refractivity contribution >= 4 is 11.6 Å². The molecule has 0 radical (unpaired) electrons. The quantitative estimate of drug-likeness (QED) is 0.748. The SMILES string of the molecule is C[C@]12CCCC[C@@H]1C(=O)C[C@@H]1[C@@H]2CC[C@]2(C)C(=O)CC(O)[C@@H]12. The first kappa shape index (κ1) is 14.9. The molecule has 0 aliphatic heterocycles. The van der Waals surface area contributed by atoms with Crippen LogP contribution in [0.25, 0.3) is 0 Å². The van der Waals surface area contributed by atoms with E-state index in [0.29, 0.717) is 24.5 Å². The van der Waals surface area contributed by atoms with Crippen LogP contribution in [0.5, 0.6) is 0 Å². The third-order valence-electron chi connectivity index (χ3n) is 8.06. The maximum Gasteiger partial charge on any atom is 0.141 e. The van der Waals surface area contributed by atoms with Crippen molar-refractivity contribution in [3.63, 3.8) is 0 Å². The smallest absolute Gasteiger partial charge is 0.141 e. The second-order valence-electron chi connectivity index (χ2n) is 8.92. The first-order chi connectivity index (χ1) is 10.4. The topological polar surface area (TPSA) is 54.4 Å². The van der Waals surface area contributed by atoms with Crippen molar-refractivity contribution in [2.24, 2.45) is 34.5 Å².